The highest BCUT2D eigenvalue weighted by Crippen LogP contribution is 2.05. The summed E-state index contributed by atoms with van der Waals surface area (Å²) in [6, 6.07) is 3.49. The van der Waals surface area contributed by atoms with E-state index in [1.807, 2.05) is 0 Å². The number of hydrogen-bond acceptors (Lipinski definition) is 3. The Labute approximate surface area is 116 Å². The smallest absolute Gasteiger partial charge is 0.252 e. The summed E-state index contributed by atoms with van der Waals surface area (Å²) in [7, 11) is 0. The van der Waals surface area contributed by atoms with Gasteiger partial charge in [0.25, 0.3) is 5.91 Å². The molecular formula is C13H19BrN2O2. The summed E-state index contributed by atoms with van der Waals surface area (Å²) >= 11 is 3.23. The molecule has 1 aromatic rings. The van der Waals surface area contributed by atoms with Crippen LogP contribution in [-0.4, -0.2) is 30.6 Å². The first-order chi connectivity index (χ1) is 8.74. The molecule has 0 atom stereocenters. The lowest BCUT2D eigenvalue weighted by molar-refractivity contribution is 0.0940. The number of carbonyl (C=O) groups excluding carboxylic acids is 1. The van der Waals surface area contributed by atoms with Gasteiger partial charge in [0, 0.05) is 26.0 Å². The topological polar surface area (TPSA) is 51.2 Å². The van der Waals surface area contributed by atoms with Gasteiger partial charge >= 0.3 is 0 Å². The van der Waals surface area contributed by atoms with Gasteiger partial charge in [-0.1, -0.05) is 13.3 Å². The number of carbonyl (C=O) groups is 1. The standard InChI is InChI=1S/C13H19BrN2O2/c1-2-3-8-18-9-4-7-15-13(17)11-5-6-12(14)16-10-11/h5-6,10H,2-4,7-9H2,1H3,(H,15,17). The average molecular weight is 315 g/mol. The first kappa shape index (κ1) is 15.1. The molecule has 0 saturated carbocycles. The molecule has 5 heteroatoms. The predicted molar refractivity (Wildman–Crippen MR) is 74.6 cm³/mol. The van der Waals surface area contributed by atoms with Gasteiger partial charge in [-0.05, 0) is 40.9 Å². The van der Waals surface area contributed by atoms with Crippen molar-refractivity contribution in [2.45, 2.75) is 26.2 Å². The second-order valence-electron chi connectivity index (χ2n) is 3.94. The molecule has 0 fully saturated rings. The SMILES string of the molecule is CCCCOCCCNC(=O)c1ccc(Br)nc1. The largest absolute Gasteiger partial charge is 0.381 e. The number of aromatic nitrogens is 1. The highest BCUT2D eigenvalue weighted by Gasteiger charge is 2.04. The maximum absolute atomic E-state index is 11.7. The van der Waals surface area contributed by atoms with Crippen LogP contribution in [0.1, 0.15) is 36.5 Å². The Morgan fingerprint density at radius 2 is 2.17 bits per heavy atom. The Hall–Kier alpha value is -0.940. The predicted octanol–water partition coefficient (Wildman–Crippen LogP) is 2.78. The van der Waals surface area contributed by atoms with Crippen molar-refractivity contribution >= 4 is 21.8 Å². The molecule has 4 nitrogen and oxygen atoms in total. The number of amides is 1. The molecule has 1 amide bonds. The summed E-state index contributed by atoms with van der Waals surface area (Å²) in [4.78, 5) is 15.7. The molecule has 18 heavy (non-hydrogen) atoms. The second kappa shape index (κ2) is 9.05. The van der Waals surface area contributed by atoms with Crippen LogP contribution >= 0.6 is 15.9 Å². The fourth-order valence-corrected chi connectivity index (χ4v) is 1.57. The highest BCUT2D eigenvalue weighted by atomic mass is 79.9. The third-order valence-corrected chi connectivity index (χ3v) is 2.85. The molecule has 1 heterocycles. The van der Waals surface area contributed by atoms with Crippen molar-refractivity contribution in [1.29, 1.82) is 0 Å². The fourth-order valence-electron chi connectivity index (χ4n) is 1.34. The molecule has 0 aliphatic heterocycles. The van der Waals surface area contributed by atoms with Crippen molar-refractivity contribution in [2.24, 2.45) is 0 Å². The van der Waals surface area contributed by atoms with E-state index in [9.17, 15) is 4.79 Å². The van der Waals surface area contributed by atoms with E-state index in [-0.39, 0.29) is 5.91 Å². The van der Waals surface area contributed by atoms with E-state index < -0.39 is 0 Å². The first-order valence-corrected chi connectivity index (χ1v) is 7.01. The van der Waals surface area contributed by atoms with Crippen LogP contribution in [0, 0.1) is 0 Å². The van der Waals surface area contributed by atoms with Gasteiger partial charge in [0.1, 0.15) is 4.60 Å². The van der Waals surface area contributed by atoms with Crippen LogP contribution in [0.2, 0.25) is 0 Å². The van der Waals surface area contributed by atoms with Crippen LogP contribution in [0.3, 0.4) is 0 Å². The molecule has 0 aliphatic rings. The lowest BCUT2D eigenvalue weighted by Gasteiger charge is -2.05. The zero-order valence-electron chi connectivity index (χ0n) is 10.6. The summed E-state index contributed by atoms with van der Waals surface area (Å²) < 4.78 is 6.13. The van der Waals surface area contributed by atoms with E-state index in [1.165, 1.54) is 0 Å². The van der Waals surface area contributed by atoms with E-state index in [4.69, 9.17) is 4.74 Å². The molecule has 0 saturated heterocycles. The van der Waals surface area contributed by atoms with Gasteiger partial charge in [0.05, 0.1) is 5.56 Å². The zero-order chi connectivity index (χ0) is 13.2. The normalized spacial score (nSPS) is 10.3. The van der Waals surface area contributed by atoms with Gasteiger partial charge in [-0.15, -0.1) is 0 Å². The Bertz CT molecular complexity index is 355. The Kier molecular flexibility index (Phi) is 7.60. The molecule has 0 aromatic carbocycles. The van der Waals surface area contributed by atoms with Gasteiger partial charge < -0.3 is 10.1 Å². The van der Waals surface area contributed by atoms with E-state index in [0.29, 0.717) is 18.7 Å². The molecule has 0 radical (unpaired) electrons. The van der Waals surface area contributed by atoms with Gasteiger partial charge in [-0.2, -0.15) is 0 Å². The fraction of sp³-hybridized carbons (Fsp3) is 0.538. The average Bonchev–Trinajstić information content (AvgIpc) is 2.38. The highest BCUT2D eigenvalue weighted by molar-refractivity contribution is 9.10. The first-order valence-electron chi connectivity index (χ1n) is 6.21. The lowest BCUT2D eigenvalue weighted by atomic mass is 10.2. The second-order valence-corrected chi connectivity index (χ2v) is 4.76. The summed E-state index contributed by atoms with van der Waals surface area (Å²) in [5.41, 5.74) is 0.574. The zero-order valence-corrected chi connectivity index (χ0v) is 12.2. The van der Waals surface area contributed by atoms with Crippen molar-refractivity contribution in [3.63, 3.8) is 0 Å². The van der Waals surface area contributed by atoms with E-state index >= 15 is 0 Å². The van der Waals surface area contributed by atoms with Crippen LogP contribution in [0.25, 0.3) is 0 Å². The van der Waals surface area contributed by atoms with Crippen LogP contribution in [-0.2, 0) is 4.74 Å². The van der Waals surface area contributed by atoms with E-state index in [2.05, 4.69) is 33.2 Å². The van der Waals surface area contributed by atoms with Gasteiger partial charge in [0.15, 0.2) is 0 Å². The Morgan fingerprint density at radius 1 is 1.39 bits per heavy atom. The Morgan fingerprint density at radius 3 is 2.83 bits per heavy atom. The van der Waals surface area contributed by atoms with Crippen molar-refractivity contribution in [1.82, 2.24) is 10.3 Å². The van der Waals surface area contributed by atoms with E-state index in [1.54, 1.807) is 18.3 Å². The third-order valence-electron chi connectivity index (χ3n) is 2.38. The van der Waals surface area contributed by atoms with Gasteiger partial charge in [0.2, 0.25) is 0 Å². The summed E-state index contributed by atoms with van der Waals surface area (Å²) in [5, 5.41) is 2.84. The molecule has 0 spiro atoms. The molecule has 1 aromatic heterocycles. The Balaban J connectivity index is 2.12. The minimum absolute atomic E-state index is 0.0939. The van der Waals surface area contributed by atoms with Gasteiger partial charge in [-0.3, -0.25) is 4.79 Å². The number of halogens is 1. The van der Waals surface area contributed by atoms with Crippen molar-refractivity contribution < 1.29 is 9.53 Å². The lowest BCUT2D eigenvalue weighted by Crippen LogP contribution is -2.25. The van der Waals surface area contributed by atoms with E-state index in [0.717, 1.165) is 30.5 Å². The van der Waals surface area contributed by atoms with Crippen LogP contribution in [0.15, 0.2) is 22.9 Å². The molecule has 1 rings (SSSR count). The molecule has 1 N–H and O–H groups in total. The third kappa shape index (κ3) is 6.12. The quantitative estimate of drug-likeness (QED) is 0.593. The number of pyridine rings is 1. The molecule has 100 valence electrons. The number of rotatable bonds is 8. The number of nitrogens with zero attached hydrogens (tertiary/aromatic N) is 1. The number of ether oxygens (including phenoxy) is 1. The molecular weight excluding hydrogens is 296 g/mol. The molecule has 0 unspecified atom stereocenters. The van der Waals surface area contributed by atoms with Crippen LogP contribution in [0.4, 0.5) is 0 Å². The maximum atomic E-state index is 11.7. The minimum atomic E-state index is -0.0939. The summed E-state index contributed by atoms with van der Waals surface area (Å²) in [6.07, 6.45) is 4.63. The summed E-state index contributed by atoms with van der Waals surface area (Å²) in [6.45, 7) is 4.26. The van der Waals surface area contributed by atoms with Crippen LogP contribution in [0.5, 0.6) is 0 Å². The number of nitrogens with one attached hydrogen (secondary N) is 1. The number of hydrogen-bond donors (Lipinski definition) is 1. The summed E-state index contributed by atoms with van der Waals surface area (Å²) in [5.74, 6) is -0.0939. The number of unbranched alkanes of at least 4 members (excludes halogenated alkanes) is 1. The van der Waals surface area contributed by atoms with Gasteiger partial charge in [-0.25, -0.2) is 4.98 Å². The maximum Gasteiger partial charge on any atom is 0.252 e. The molecule has 0 bridgehead atoms. The monoisotopic (exact) mass is 314 g/mol. The van der Waals surface area contributed by atoms with Crippen molar-refractivity contribution in [3.8, 4) is 0 Å². The molecule has 0 aliphatic carbocycles. The van der Waals surface area contributed by atoms with Crippen molar-refractivity contribution in [2.75, 3.05) is 19.8 Å². The van der Waals surface area contributed by atoms with Crippen LogP contribution < -0.4 is 5.32 Å². The van der Waals surface area contributed by atoms with Crippen molar-refractivity contribution in [3.05, 3.63) is 28.5 Å². The minimum Gasteiger partial charge on any atom is -0.381 e.